The van der Waals surface area contributed by atoms with Crippen LogP contribution < -0.4 is 10.6 Å². The summed E-state index contributed by atoms with van der Waals surface area (Å²) in [7, 11) is 0. The summed E-state index contributed by atoms with van der Waals surface area (Å²) in [5, 5.41) is 36.3. The molecular formula is C19H20F3N5O3S. The quantitative estimate of drug-likeness (QED) is 0.372. The number of aliphatic hydroxyl groups excluding tert-OH is 2. The number of anilines is 2. The Balaban J connectivity index is 1.79. The summed E-state index contributed by atoms with van der Waals surface area (Å²) in [4.78, 5) is 12.8. The number of halogens is 3. The second-order valence-corrected chi connectivity index (χ2v) is 8.44. The highest BCUT2D eigenvalue weighted by atomic mass is 32.1. The normalized spacial score (nSPS) is 24.0. The second kappa shape index (κ2) is 7.86. The maximum Gasteiger partial charge on any atom is 0.405 e. The van der Waals surface area contributed by atoms with Crippen LogP contribution in [0.15, 0.2) is 24.3 Å². The Morgan fingerprint density at radius 3 is 2.58 bits per heavy atom. The molecular weight excluding hydrogens is 435 g/mol. The lowest BCUT2D eigenvalue weighted by Gasteiger charge is -2.30. The molecule has 3 unspecified atom stereocenters. The molecule has 1 aliphatic rings. The number of aliphatic hydroxyl groups is 3. The second-order valence-electron chi connectivity index (χ2n) is 7.41. The number of aryl methyl sites for hydroxylation is 1. The van der Waals surface area contributed by atoms with E-state index in [1.165, 1.54) is 11.3 Å². The van der Waals surface area contributed by atoms with Gasteiger partial charge in [-0.25, -0.2) is 9.97 Å². The van der Waals surface area contributed by atoms with Gasteiger partial charge in [-0.05, 0) is 25.5 Å². The van der Waals surface area contributed by atoms with Crippen LogP contribution in [0.5, 0.6) is 0 Å². The number of para-hydroxylation sites is 1. The summed E-state index contributed by atoms with van der Waals surface area (Å²) in [6.45, 7) is 0.259. The number of alkyl halides is 3. The first-order valence-corrected chi connectivity index (χ1v) is 10.3. The van der Waals surface area contributed by atoms with E-state index in [1.54, 1.807) is 6.92 Å². The molecule has 0 radical (unpaired) electrons. The van der Waals surface area contributed by atoms with Gasteiger partial charge in [0.05, 0.1) is 27.6 Å². The van der Waals surface area contributed by atoms with Gasteiger partial charge in [0.25, 0.3) is 0 Å². The van der Waals surface area contributed by atoms with Crippen molar-refractivity contribution >= 4 is 33.3 Å². The molecule has 2 aromatic heterocycles. The molecule has 3 aromatic rings. The van der Waals surface area contributed by atoms with Gasteiger partial charge in [0.2, 0.25) is 5.95 Å². The molecule has 0 bridgehead atoms. The number of benzene rings is 1. The summed E-state index contributed by atoms with van der Waals surface area (Å²) in [6, 6.07) is 7.39. The first-order chi connectivity index (χ1) is 14.6. The van der Waals surface area contributed by atoms with Crippen LogP contribution in [0.25, 0.3) is 20.8 Å². The van der Waals surface area contributed by atoms with Crippen LogP contribution in [0.1, 0.15) is 18.5 Å². The molecule has 1 aliphatic carbocycles. The van der Waals surface area contributed by atoms with Gasteiger partial charge in [0.1, 0.15) is 23.5 Å². The van der Waals surface area contributed by atoms with Crippen molar-refractivity contribution in [2.45, 2.75) is 43.9 Å². The number of hydrogen-bond donors (Lipinski definition) is 5. The molecule has 166 valence electrons. The van der Waals surface area contributed by atoms with Crippen LogP contribution in [0.3, 0.4) is 0 Å². The Labute approximate surface area is 178 Å². The third-order valence-corrected chi connectivity index (χ3v) is 6.11. The Morgan fingerprint density at radius 1 is 1.19 bits per heavy atom. The Morgan fingerprint density at radius 2 is 1.94 bits per heavy atom. The lowest BCUT2D eigenvalue weighted by Crippen LogP contribution is -2.48. The molecule has 1 fully saturated rings. The van der Waals surface area contributed by atoms with Crippen LogP contribution in [0.2, 0.25) is 0 Å². The van der Waals surface area contributed by atoms with Crippen molar-refractivity contribution < 1.29 is 28.5 Å². The van der Waals surface area contributed by atoms with Gasteiger partial charge in [-0.2, -0.15) is 18.2 Å². The van der Waals surface area contributed by atoms with Crippen molar-refractivity contribution in [3.63, 3.8) is 0 Å². The van der Waals surface area contributed by atoms with Crippen molar-refractivity contribution in [2.75, 3.05) is 17.2 Å². The van der Waals surface area contributed by atoms with Gasteiger partial charge in [-0.15, -0.1) is 11.3 Å². The molecule has 1 aromatic carbocycles. The highest BCUT2D eigenvalue weighted by Crippen LogP contribution is 2.39. The van der Waals surface area contributed by atoms with E-state index >= 15 is 0 Å². The van der Waals surface area contributed by atoms with E-state index in [0.29, 0.717) is 16.3 Å². The molecule has 5 N–H and O–H groups in total. The fourth-order valence-electron chi connectivity index (χ4n) is 3.49. The Hall–Kier alpha value is -2.54. The first-order valence-electron chi connectivity index (χ1n) is 9.48. The summed E-state index contributed by atoms with van der Waals surface area (Å²) >= 11 is 1.34. The van der Waals surface area contributed by atoms with Gasteiger partial charge < -0.3 is 26.0 Å². The van der Waals surface area contributed by atoms with Crippen LogP contribution in [-0.4, -0.2) is 60.9 Å². The van der Waals surface area contributed by atoms with Crippen LogP contribution in [0, 0.1) is 6.92 Å². The largest absolute Gasteiger partial charge is 0.405 e. The number of nitrogens with zero attached hydrogens (tertiary/aromatic N) is 3. The van der Waals surface area contributed by atoms with Gasteiger partial charge in [0, 0.05) is 6.42 Å². The zero-order valence-corrected chi connectivity index (χ0v) is 17.1. The van der Waals surface area contributed by atoms with E-state index in [0.717, 1.165) is 10.2 Å². The molecule has 12 heteroatoms. The first kappa shape index (κ1) is 21.7. The maximum atomic E-state index is 12.6. The molecule has 4 rings (SSSR count). The lowest BCUT2D eigenvalue weighted by molar-refractivity contribution is -0.115. The number of fused-ring (bicyclic) bond motifs is 1. The van der Waals surface area contributed by atoms with Gasteiger partial charge in [-0.3, -0.25) is 0 Å². The van der Waals surface area contributed by atoms with Crippen molar-refractivity contribution in [3.05, 3.63) is 30.0 Å². The highest BCUT2D eigenvalue weighted by Gasteiger charge is 2.47. The number of hydrogen-bond acceptors (Lipinski definition) is 9. The summed E-state index contributed by atoms with van der Waals surface area (Å²) in [6.07, 6.45) is -6.96. The molecule has 1 saturated carbocycles. The molecule has 31 heavy (non-hydrogen) atoms. The smallest absolute Gasteiger partial charge is 0.390 e. The number of aromatic nitrogens is 3. The predicted molar refractivity (Wildman–Crippen MR) is 110 cm³/mol. The zero-order chi connectivity index (χ0) is 22.4. The minimum atomic E-state index is -4.47. The SMILES string of the molecule is Cc1nc(NCC(F)(F)F)nc(NC2(O)CCC(O)C2O)c1-c1nc2ccccc2s1. The van der Waals surface area contributed by atoms with Crippen LogP contribution >= 0.6 is 11.3 Å². The minimum absolute atomic E-state index is 0.00637. The third kappa shape index (κ3) is 4.42. The van der Waals surface area contributed by atoms with E-state index in [2.05, 4.69) is 25.6 Å². The van der Waals surface area contributed by atoms with Gasteiger partial charge in [-0.1, -0.05) is 12.1 Å². The number of thiazole rings is 1. The average Bonchev–Trinajstić information content (AvgIpc) is 3.22. The molecule has 0 spiro atoms. The fraction of sp³-hybridized carbons (Fsp3) is 0.421. The van der Waals surface area contributed by atoms with Crippen LogP contribution in [-0.2, 0) is 0 Å². The van der Waals surface area contributed by atoms with Crippen molar-refractivity contribution in [1.82, 2.24) is 15.0 Å². The summed E-state index contributed by atoms with van der Waals surface area (Å²) in [5.74, 6) is -0.286. The van der Waals surface area contributed by atoms with E-state index in [1.807, 2.05) is 24.3 Å². The molecule has 0 aliphatic heterocycles. The van der Waals surface area contributed by atoms with Crippen molar-refractivity contribution in [3.8, 4) is 10.6 Å². The van der Waals surface area contributed by atoms with Gasteiger partial charge >= 0.3 is 6.18 Å². The molecule has 2 heterocycles. The Bertz CT molecular complexity index is 1080. The summed E-state index contributed by atoms with van der Waals surface area (Å²) < 4.78 is 38.8. The topological polar surface area (TPSA) is 123 Å². The summed E-state index contributed by atoms with van der Waals surface area (Å²) in [5.41, 5.74) is -0.465. The van der Waals surface area contributed by atoms with E-state index in [4.69, 9.17) is 0 Å². The Kier molecular flexibility index (Phi) is 5.50. The monoisotopic (exact) mass is 455 g/mol. The number of rotatable bonds is 5. The van der Waals surface area contributed by atoms with E-state index < -0.39 is 30.7 Å². The molecule has 3 atom stereocenters. The molecule has 0 saturated heterocycles. The standard InChI is InChI=1S/C19H20F3N5O3S/c1-9-13(16-25-10-4-2-3-5-12(10)31-16)15(26-17(24-9)23-8-19(20,21)22)27-18(30)7-6-11(28)14(18)29/h2-5,11,14,28-30H,6-8H2,1H3,(H2,23,24,26,27). The maximum absolute atomic E-state index is 12.6. The van der Waals surface area contributed by atoms with E-state index in [9.17, 15) is 28.5 Å². The van der Waals surface area contributed by atoms with Crippen molar-refractivity contribution in [1.29, 1.82) is 0 Å². The fourth-order valence-corrected chi connectivity index (χ4v) is 4.55. The minimum Gasteiger partial charge on any atom is -0.390 e. The average molecular weight is 455 g/mol. The molecule has 0 amide bonds. The van der Waals surface area contributed by atoms with Crippen LogP contribution in [0.4, 0.5) is 24.9 Å². The van der Waals surface area contributed by atoms with Crippen molar-refractivity contribution in [2.24, 2.45) is 0 Å². The predicted octanol–water partition coefficient (Wildman–Crippen LogP) is 2.65. The highest BCUT2D eigenvalue weighted by molar-refractivity contribution is 7.21. The third-order valence-electron chi connectivity index (χ3n) is 5.05. The zero-order valence-electron chi connectivity index (χ0n) is 16.3. The number of nitrogens with one attached hydrogen (secondary N) is 2. The molecule has 8 nitrogen and oxygen atoms in total. The lowest BCUT2D eigenvalue weighted by atomic mass is 10.1. The van der Waals surface area contributed by atoms with Gasteiger partial charge in [0.15, 0.2) is 5.72 Å². The van der Waals surface area contributed by atoms with E-state index in [-0.39, 0.29) is 24.6 Å².